The summed E-state index contributed by atoms with van der Waals surface area (Å²) in [4.78, 5) is 23.3. The Morgan fingerprint density at radius 1 is 1.15 bits per heavy atom. The zero-order chi connectivity index (χ0) is 14.5. The first kappa shape index (κ1) is 14.8. The van der Waals surface area contributed by atoms with Crippen molar-refractivity contribution in [1.82, 2.24) is 0 Å². The number of hydrogen-bond donors (Lipinski definition) is 0. The molecule has 108 valence electrons. The Balaban J connectivity index is 1.89. The fourth-order valence-electron chi connectivity index (χ4n) is 3.06. The molecular formula is C17H22O3. The van der Waals surface area contributed by atoms with Gasteiger partial charge in [0.25, 0.3) is 0 Å². The molecule has 0 bridgehead atoms. The molecule has 2 rings (SSSR count). The van der Waals surface area contributed by atoms with Gasteiger partial charge in [-0.15, -0.1) is 0 Å². The predicted octanol–water partition coefficient (Wildman–Crippen LogP) is 3.37. The summed E-state index contributed by atoms with van der Waals surface area (Å²) in [5.74, 6) is -0.976. The van der Waals surface area contributed by atoms with Gasteiger partial charge in [0.1, 0.15) is 0 Å². The van der Waals surface area contributed by atoms with Gasteiger partial charge in [-0.1, -0.05) is 50.6 Å². The van der Waals surface area contributed by atoms with E-state index < -0.39 is 0 Å². The van der Waals surface area contributed by atoms with E-state index in [1.165, 1.54) is 5.56 Å². The minimum absolute atomic E-state index is 0.243. The van der Waals surface area contributed by atoms with Crippen LogP contribution in [0, 0.1) is 17.8 Å². The molecular weight excluding hydrogens is 252 g/mol. The number of ether oxygens (including phenoxy) is 1. The molecule has 0 amide bonds. The van der Waals surface area contributed by atoms with Crippen LogP contribution < -0.4 is 0 Å². The van der Waals surface area contributed by atoms with Crippen molar-refractivity contribution < 1.29 is 14.3 Å². The van der Waals surface area contributed by atoms with Crippen LogP contribution in [-0.4, -0.2) is 11.9 Å². The molecule has 0 aromatic heterocycles. The molecule has 3 heteroatoms. The fraction of sp³-hybridized carbons (Fsp3) is 0.529. The fourth-order valence-corrected chi connectivity index (χ4v) is 3.06. The monoisotopic (exact) mass is 274 g/mol. The van der Waals surface area contributed by atoms with Gasteiger partial charge in [0.05, 0.1) is 11.8 Å². The van der Waals surface area contributed by atoms with E-state index in [0.29, 0.717) is 0 Å². The zero-order valence-corrected chi connectivity index (χ0v) is 12.2. The largest absolute Gasteiger partial charge is 0.393 e. The highest BCUT2D eigenvalue weighted by molar-refractivity contribution is 5.96. The van der Waals surface area contributed by atoms with Crippen LogP contribution in [0.3, 0.4) is 0 Å². The van der Waals surface area contributed by atoms with Gasteiger partial charge in [0.2, 0.25) is 0 Å². The molecule has 0 N–H and O–H groups in total. The van der Waals surface area contributed by atoms with Crippen LogP contribution in [0.25, 0.3) is 0 Å². The summed E-state index contributed by atoms with van der Waals surface area (Å²) in [6, 6.07) is 10.3. The Kier molecular flexibility index (Phi) is 4.94. The second kappa shape index (κ2) is 6.69. The lowest BCUT2D eigenvalue weighted by Gasteiger charge is -2.21. The molecule has 1 aliphatic rings. The predicted molar refractivity (Wildman–Crippen MR) is 76.9 cm³/mol. The molecule has 1 aliphatic heterocycles. The Bertz CT molecular complexity index is 466. The number of carbonyl (C=O) groups is 2. The van der Waals surface area contributed by atoms with E-state index in [0.717, 1.165) is 25.7 Å². The van der Waals surface area contributed by atoms with E-state index in [1.807, 2.05) is 18.2 Å². The summed E-state index contributed by atoms with van der Waals surface area (Å²) in [6.07, 6.45) is 3.92. The number of rotatable bonds is 6. The third kappa shape index (κ3) is 3.27. The van der Waals surface area contributed by atoms with Crippen LogP contribution in [0.2, 0.25) is 0 Å². The normalized spacial score (nSPS) is 23.7. The first-order chi connectivity index (χ1) is 9.63. The minimum atomic E-state index is -0.360. The van der Waals surface area contributed by atoms with Crippen molar-refractivity contribution in [3.05, 3.63) is 35.9 Å². The minimum Gasteiger partial charge on any atom is -0.393 e. The highest BCUT2D eigenvalue weighted by Gasteiger charge is 2.44. The lowest BCUT2D eigenvalue weighted by molar-refractivity contribution is -0.154. The lowest BCUT2D eigenvalue weighted by atomic mass is 9.79. The smallest absolute Gasteiger partial charge is 0.317 e. The number of esters is 2. The summed E-state index contributed by atoms with van der Waals surface area (Å²) in [7, 11) is 0. The van der Waals surface area contributed by atoms with Gasteiger partial charge in [0.15, 0.2) is 0 Å². The average molecular weight is 274 g/mol. The van der Waals surface area contributed by atoms with Gasteiger partial charge in [-0.05, 0) is 30.7 Å². The van der Waals surface area contributed by atoms with Crippen LogP contribution in [-0.2, 0) is 20.7 Å². The topological polar surface area (TPSA) is 43.4 Å². The van der Waals surface area contributed by atoms with E-state index in [1.54, 1.807) is 6.92 Å². The molecule has 3 atom stereocenters. The summed E-state index contributed by atoms with van der Waals surface area (Å²) >= 11 is 0. The van der Waals surface area contributed by atoms with Crippen molar-refractivity contribution in [2.75, 3.05) is 0 Å². The summed E-state index contributed by atoms with van der Waals surface area (Å²) in [5, 5.41) is 0. The molecule has 0 spiro atoms. The number of aryl methyl sites for hydroxylation is 1. The first-order valence-corrected chi connectivity index (χ1v) is 7.43. The van der Waals surface area contributed by atoms with Crippen LogP contribution in [0.5, 0.6) is 0 Å². The van der Waals surface area contributed by atoms with E-state index in [9.17, 15) is 9.59 Å². The first-order valence-electron chi connectivity index (χ1n) is 7.43. The number of benzene rings is 1. The SMILES string of the molecule is CCC(CCCc1ccccc1)C1C(=O)OC(=O)C1C. The van der Waals surface area contributed by atoms with Gasteiger partial charge in [0, 0.05) is 0 Å². The van der Waals surface area contributed by atoms with Gasteiger partial charge in [-0.25, -0.2) is 0 Å². The van der Waals surface area contributed by atoms with E-state index >= 15 is 0 Å². The maximum absolute atomic E-state index is 11.8. The van der Waals surface area contributed by atoms with Crippen molar-refractivity contribution >= 4 is 11.9 Å². The number of cyclic esters (lactones) is 2. The average Bonchev–Trinajstić information content (AvgIpc) is 2.70. The maximum Gasteiger partial charge on any atom is 0.317 e. The third-order valence-electron chi connectivity index (χ3n) is 4.30. The molecule has 3 nitrogen and oxygen atoms in total. The molecule has 0 saturated carbocycles. The molecule has 3 unspecified atom stereocenters. The zero-order valence-electron chi connectivity index (χ0n) is 12.2. The molecule has 1 aromatic rings. The van der Waals surface area contributed by atoms with Crippen LogP contribution in [0.1, 0.15) is 38.7 Å². The van der Waals surface area contributed by atoms with Crippen molar-refractivity contribution in [3.8, 4) is 0 Å². The highest BCUT2D eigenvalue weighted by atomic mass is 16.6. The molecule has 1 aromatic carbocycles. The summed E-state index contributed by atoms with van der Waals surface area (Å²) < 4.78 is 4.76. The number of carbonyl (C=O) groups excluding carboxylic acids is 2. The van der Waals surface area contributed by atoms with Crippen LogP contribution in [0.15, 0.2) is 30.3 Å². The quantitative estimate of drug-likeness (QED) is 0.590. The van der Waals surface area contributed by atoms with Crippen molar-refractivity contribution in [2.45, 2.75) is 39.5 Å². The van der Waals surface area contributed by atoms with Gasteiger partial charge < -0.3 is 4.74 Å². The highest BCUT2D eigenvalue weighted by Crippen LogP contribution is 2.34. The third-order valence-corrected chi connectivity index (χ3v) is 4.30. The molecule has 0 radical (unpaired) electrons. The van der Waals surface area contributed by atoms with Crippen LogP contribution in [0.4, 0.5) is 0 Å². The summed E-state index contributed by atoms with van der Waals surface area (Å²) in [6.45, 7) is 3.88. The van der Waals surface area contributed by atoms with Gasteiger partial charge in [-0.2, -0.15) is 0 Å². The Morgan fingerprint density at radius 3 is 2.40 bits per heavy atom. The maximum atomic E-state index is 11.8. The van der Waals surface area contributed by atoms with E-state index in [4.69, 9.17) is 4.74 Å². The second-order valence-corrected chi connectivity index (χ2v) is 5.60. The van der Waals surface area contributed by atoms with E-state index in [2.05, 4.69) is 19.1 Å². The van der Waals surface area contributed by atoms with Crippen molar-refractivity contribution in [2.24, 2.45) is 17.8 Å². The second-order valence-electron chi connectivity index (χ2n) is 5.60. The molecule has 20 heavy (non-hydrogen) atoms. The van der Waals surface area contributed by atoms with Crippen molar-refractivity contribution in [3.63, 3.8) is 0 Å². The van der Waals surface area contributed by atoms with Crippen LogP contribution >= 0.6 is 0 Å². The Hall–Kier alpha value is -1.64. The van der Waals surface area contributed by atoms with Crippen molar-refractivity contribution in [1.29, 1.82) is 0 Å². The standard InChI is InChI=1S/C17H22O3/c1-3-14(15-12(2)16(18)20-17(15)19)11-7-10-13-8-5-4-6-9-13/h4-6,8-9,12,14-15H,3,7,10-11H2,1-2H3. The van der Waals surface area contributed by atoms with Gasteiger partial charge >= 0.3 is 11.9 Å². The van der Waals surface area contributed by atoms with E-state index in [-0.39, 0.29) is 29.7 Å². The molecule has 0 aliphatic carbocycles. The van der Waals surface area contributed by atoms with Gasteiger partial charge in [-0.3, -0.25) is 9.59 Å². The Morgan fingerprint density at radius 2 is 1.85 bits per heavy atom. The molecule has 1 fully saturated rings. The lowest BCUT2D eigenvalue weighted by Crippen LogP contribution is -2.24. The Labute approximate surface area is 120 Å². The number of hydrogen-bond acceptors (Lipinski definition) is 3. The molecule has 1 saturated heterocycles. The summed E-state index contributed by atoms with van der Waals surface area (Å²) in [5.41, 5.74) is 1.32. The molecule has 1 heterocycles.